The molecule has 8 heteroatoms. The fraction of sp³-hybridized carbons (Fsp3) is 0.154. The second-order valence-electron chi connectivity index (χ2n) is 4.33. The van der Waals surface area contributed by atoms with Gasteiger partial charge in [-0.25, -0.2) is 4.98 Å². The van der Waals surface area contributed by atoms with Gasteiger partial charge in [0, 0.05) is 16.4 Å². The number of anilines is 2. The van der Waals surface area contributed by atoms with E-state index in [4.69, 9.17) is 5.73 Å². The third-order valence-corrected chi connectivity index (χ3v) is 4.17. The Kier molecular flexibility index (Phi) is 4.99. The van der Waals surface area contributed by atoms with Crippen molar-refractivity contribution in [1.29, 1.82) is 0 Å². The molecular weight excluding hydrogens is 451 g/mol. The summed E-state index contributed by atoms with van der Waals surface area (Å²) in [5, 5.41) is 2.73. The molecule has 0 atom stereocenters. The summed E-state index contributed by atoms with van der Waals surface area (Å²) >= 11 is 5.22. The second kappa shape index (κ2) is 6.56. The quantitative estimate of drug-likeness (QED) is 0.540. The van der Waals surface area contributed by atoms with E-state index in [1.54, 1.807) is 25.1 Å². The van der Waals surface area contributed by atoms with Crippen molar-refractivity contribution in [2.45, 2.75) is 13.5 Å². The number of hydrogen-bond donors (Lipinski definition) is 2. The molecular formula is C13H12BrIN4O2. The van der Waals surface area contributed by atoms with Crippen LogP contribution in [0.2, 0.25) is 0 Å². The average Bonchev–Trinajstić information content (AvgIpc) is 2.42. The standard InChI is InChI=1S/C13H12BrIN4O2/c1-7-17-5-10(15)13(21)19(7)6-12(20)18-11-3-2-8(16)4-9(11)14/h2-5H,6,16H2,1H3,(H,18,20). The van der Waals surface area contributed by atoms with Crippen molar-refractivity contribution in [2.75, 3.05) is 11.1 Å². The number of hydrogen-bond acceptors (Lipinski definition) is 4. The first-order valence-electron chi connectivity index (χ1n) is 5.95. The van der Waals surface area contributed by atoms with Gasteiger partial charge in [-0.3, -0.25) is 14.2 Å². The van der Waals surface area contributed by atoms with Crippen molar-refractivity contribution in [3.8, 4) is 0 Å². The molecule has 1 aromatic heterocycles. The number of benzene rings is 1. The van der Waals surface area contributed by atoms with Gasteiger partial charge < -0.3 is 11.1 Å². The molecule has 2 rings (SSSR count). The number of nitrogens with two attached hydrogens (primary N) is 1. The van der Waals surface area contributed by atoms with E-state index >= 15 is 0 Å². The van der Waals surface area contributed by atoms with Crippen LogP contribution in [-0.4, -0.2) is 15.5 Å². The monoisotopic (exact) mass is 462 g/mol. The van der Waals surface area contributed by atoms with Gasteiger partial charge in [0.05, 0.1) is 9.26 Å². The summed E-state index contributed by atoms with van der Waals surface area (Å²) in [5.41, 5.74) is 6.60. The summed E-state index contributed by atoms with van der Waals surface area (Å²) in [6.07, 6.45) is 1.49. The topological polar surface area (TPSA) is 90.0 Å². The van der Waals surface area contributed by atoms with Gasteiger partial charge in [-0.15, -0.1) is 0 Å². The van der Waals surface area contributed by atoms with Crippen molar-refractivity contribution in [2.24, 2.45) is 0 Å². The van der Waals surface area contributed by atoms with Gasteiger partial charge in [0.15, 0.2) is 0 Å². The van der Waals surface area contributed by atoms with E-state index in [2.05, 4.69) is 26.2 Å². The lowest BCUT2D eigenvalue weighted by molar-refractivity contribution is -0.116. The first kappa shape index (κ1) is 16.0. The fourth-order valence-corrected chi connectivity index (χ4v) is 2.63. The molecule has 1 heterocycles. The van der Waals surface area contributed by atoms with Gasteiger partial charge in [0.2, 0.25) is 5.91 Å². The summed E-state index contributed by atoms with van der Waals surface area (Å²) in [4.78, 5) is 28.2. The maximum absolute atomic E-state index is 12.1. The Hall–Kier alpha value is -1.42. The largest absolute Gasteiger partial charge is 0.399 e. The molecule has 0 aliphatic carbocycles. The van der Waals surface area contributed by atoms with Crippen molar-refractivity contribution < 1.29 is 4.79 Å². The van der Waals surface area contributed by atoms with Crippen molar-refractivity contribution in [3.63, 3.8) is 0 Å². The van der Waals surface area contributed by atoms with Crippen LogP contribution in [-0.2, 0) is 11.3 Å². The van der Waals surface area contributed by atoms with Crippen LogP contribution in [0.4, 0.5) is 11.4 Å². The van der Waals surface area contributed by atoms with E-state index in [0.29, 0.717) is 25.2 Å². The zero-order chi connectivity index (χ0) is 15.6. The van der Waals surface area contributed by atoms with Gasteiger partial charge in [-0.2, -0.15) is 0 Å². The Morgan fingerprint density at radius 2 is 2.24 bits per heavy atom. The van der Waals surface area contributed by atoms with Gasteiger partial charge in [0.1, 0.15) is 12.4 Å². The lowest BCUT2D eigenvalue weighted by Gasteiger charge is -2.11. The fourth-order valence-electron chi connectivity index (χ4n) is 1.70. The lowest BCUT2D eigenvalue weighted by Crippen LogP contribution is -2.31. The first-order valence-corrected chi connectivity index (χ1v) is 7.82. The number of carbonyl (C=O) groups excluding carboxylic acids is 1. The predicted octanol–water partition coefficient (Wildman–Crippen LogP) is 2.14. The summed E-state index contributed by atoms with van der Waals surface area (Å²) in [6.45, 7) is 1.59. The molecule has 1 amide bonds. The van der Waals surface area contributed by atoms with Crippen LogP contribution in [0.3, 0.4) is 0 Å². The smallest absolute Gasteiger partial charge is 0.267 e. The third kappa shape index (κ3) is 3.82. The number of nitrogen functional groups attached to an aromatic ring is 1. The van der Waals surface area contributed by atoms with E-state index in [1.807, 2.05) is 22.6 Å². The number of aromatic nitrogens is 2. The Morgan fingerprint density at radius 1 is 1.52 bits per heavy atom. The highest BCUT2D eigenvalue weighted by atomic mass is 127. The maximum atomic E-state index is 12.1. The Morgan fingerprint density at radius 3 is 2.90 bits per heavy atom. The van der Waals surface area contributed by atoms with Crippen LogP contribution in [0.1, 0.15) is 5.82 Å². The molecule has 0 aliphatic heterocycles. The van der Waals surface area contributed by atoms with Crippen LogP contribution in [0.15, 0.2) is 33.7 Å². The number of aryl methyl sites for hydroxylation is 1. The number of amides is 1. The predicted molar refractivity (Wildman–Crippen MR) is 93.1 cm³/mol. The van der Waals surface area contributed by atoms with Crippen LogP contribution >= 0.6 is 38.5 Å². The van der Waals surface area contributed by atoms with E-state index < -0.39 is 0 Å². The van der Waals surface area contributed by atoms with E-state index in [9.17, 15) is 9.59 Å². The molecule has 0 saturated heterocycles. The normalized spacial score (nSPS) is 10.4. The SMILES string of the molecule is Cc1ncc(I)c(=O)n1CC(=O)Nc1ccc(N)cc1Br. The van der Waals surface area contributed by atoms with Crippen molar-refractivity contribution >= 4 is 55.8 Å². The highest BCUT2D eigenvalue weighted by Crippen LogP contribution is 2.24. The molecule has 1 aromatic carbocycles. The highest BCUT2D eigenvalue weighted by molar-refractivity contribution is 14.1. The first-order chi connectivity index (χ1) is 9.88. The summed E-state index contributed by atoms with van der Waals surface area (Å²) in [7, 11) is 0. The molecule has 3 N–H and O–H groups in total. The van der Waals surface area contributed by atoms with Crippen molar-refractivity contribution in [3.05, 3.63) is 48.6 Å². The van der Waals surface area contributed by atoms with Gasteiger partial charge in [-0.05, 0) is 63.6 Å². The number of nitrogens with one attached hydrogen (secondary N) is 1. The molecule has 21 heavy (non-hydrogen) atoms. The summed E-state index contributed by atoms with van der Waals surface area (Å²) in [6, 6.07) is 5.07. The Bertz CT molecular complexity index is 760. The van der Waals surface area contributed by atoms with Gasteiger partial charge in [0.25, 0.3) is 5.56 Å². The zero-order valence-electron chi connectivity index (χ0n) is 11.1. The molecule has 0 aliphatic rings. The number of rotatable bonds is 3. The molecule has 2 aromatic rings. The lowest BCUT2D eigenvalue weighted by atomic mass is 10.3. The zero-order valence-corrected chi connectivity index (χ0v) is 14.8. The third-order valence-electron chi connectivity index (χ3n) is 2.77. The minimum absolute atomic E-state index is 0.0919. The maximum Gasteiger partial charge on any atom is 0.267 e. The van der Waals surface area contributed by atoms with Gasteiger partial charge >= 0.3 is 0 Å². The van der Waals surface area contributed by atoms with E-state index in [1.165, 1.54) is 10.8 Å². The second-order valence-corrected chi connectivity index (χ2v) is 6.35. The van der Waals surface area contributed by atoms with Crippen LogP contribution in [0.25, 0.3) is 0 Å². The Balaban J connectivity index is 2.20. The molecule has 0 unspecified atom stereocenters. The van der Waals surface area contributed by atoms with Crippen LogP contribution in [0.5, 0.6) is 0 Å². The van der Waals surface area contributed by atoms with Gasteiger partial charge in [-0.1, -0.05) is 0 Å². The molecule has 0 bridgehead atoms. The molecule has 6 nitrogen and oxygen atoms in total. The number of nitrogens with zero attached hydrogens (tertiary/aromatic N) is 2. The van der Waals surface area contributed by atoms with E-state index in [0.717, 1.165) is 0 Å². The van der Waals surface area contributed by atoms with Crippen molar-refractivity contribution in [1.82, 2.24) is 9.55 Å². The highest BCUT2D eigenvalue weighted by Gasteiger charge is 2.11. The Labute approximate surface area is 143 Å². The summed E-state index contributed by atoms with van der Waals surface area (Å²) in [5.74, 6) is 0.182. The molecule has 110 valence electrons. The number of halogens is 2. The molecule has 0 fully saturated rings. The molecule has 0 spiro atoms. The average molecular weight is 463 g/mol. The molecule has 0 saturated carbocycles. The van der Waals surface area contributed by atoms with E-state index in [-0.39, 0.29) is 18.0 Å². The van der Waals surface area contributed by atoms with Crippen LogP contribution in [0, 0.1) is 10.5 Å². The van der Waals surface area contributed by atoms with Crippen LogP contribution < -0.4 is 16.6 Å². The minimum Gasteiger partial charge on any atom is -0.399 e. The molecule has 0 radical (unpaired) electrons. The minimum atomic E-state index is -0.311. The number of carbonyl (C=O) groups is 1. The summed E-state index contributed by atoms with van der Waals surface area (Å²) < 4.78 is 2.49.